The van der Waals surface area contributed by atoms with Gasteiger partial charge in [-0.2, -0.15) is 0 Å². The molecule has 2 rings (SSSR count). The fourth-order valence-electron chi connectivity index (χ4n) is 3.04. The fourth-order valence-corrected chi connectivity index (χ4v) is 3.04. The van der Waals surface area contributed by atoms with E-state index in [0.717, 1.165) is 118 Å². The Balaban J connectivity index is 0.000000291. The summed E-state index contributed by atoms with van der Waals surface area (Å²) >= 11 is 0. The van der Waals surface area contributed by atoms with Crippen LogP contribution in [0.25, 0.3) is 0 Å². The van der Waals surface area contributed by atoms with Gasteiger partial charge in [0, 0.05) is 91.6 Å². The average molecular weight is 416 g/mol. The Bertz CT molecular complexity index is 196. The summed E-state index contributed by atoms with van der Waals surface area (Å²) in [6.07, 6.45) is 2.44. The summed E-state index contributed by atoms with van der Waals surface area (Å²) in [5.74, 6) is 0. The van der Waals surface area contributed by atoms with Crippen molar-refractivity contribution in [2.45, 2.75) is 12.8 Å². The number of hydrogen-bond acceptors (Lipinski definition) is 9. The molecule has 9 nitrogen and oxygen atoms in total. The molecule has 2 heterocycles. The van der Waals surface area contributed by atoms with Gasteiger partial charge in [0.05, 0.1) is 0 Å². The third-order valence-electron chi connectivity index (χ3n) is 4.76. The van der Waals surface area contributed by atoms with Crippen LogP contribution in [-0.4, -0.2) is 118 Å². The van der Waals surface area contributed by atoms with Crippen LogP contribution in [0.1, 0.15) is 12.8 Å². The summed E-state index contributed by atoms with van der Waals surface area (Å²) in [5, 5.41) is 30.6. The zero-order valence-corrected chi connectivity index (χ0v) is 18.6. The zero-order chi connectivity index (χ0) is 20.5. The van der Waals surface area contributed by atoms with Gasteiger partial charge in [-0.15, -0.1) is 0 Å². The lowest BCUT2D eigenvalue weighted by Crippen LogP contribution is -2.35. The molecule has 0 amide bonds. The largest absolute Gasteiger partial charge is 0.315 e. The monoisotopic (exact) mass is 415 g/mol. The van der Waals surface area contributed by atoms with E-state index in [2.05, 4.69) is 47.9 Å². The first-order valence-corrected chi connectivity index (χ1v) is 11.9. The quantitative estimate of drug-likeness (QED) is 0.206. The van der Waals surface area contributed by atoms with Crippen molar-refractivity contribution in [1.82, 2.24) is 47.9 Å². The molecule has 2 saturated heterocycles. The van der Waals surface area contributed by atoms with E-state index in [1.165, 1.54) is 12.8 Å². The van der Waals surface area contributed by atoms with Crippen LogP contribution in [0.2, 0.25) is 0 Å². The van der Waals surface area contributed by atoms with E-state index >= 15 is 0 Å². The van der Waals surface area contributed by atoms with Crippen LogP contribution in [0.15, 0.2) is 0 Å². The second kappa shape index (κ2) is 23.9. The van der Waals surface area contributed by atoms with Crippen LogP contribution in [0.5, 0.6) is 0 Å². The summed E-state index contributed by atoms with van der Waals surface area (Å²) in [5.41, 5.74) is 0. The highest BCUT2D eigenvalue weighted by Crippen LogP contribution is 1.76. The van der Waals surface area contributed by atoms with Gasteiger partial charge < -0.3 is 47.9 Å². The van der Waals surface area contributed by atoms with Crippen molar-refractivity contribution < 1.29 is 0 Å². The van der Waals surface area contributed by atoms with Crippen LogP contribution < -0.4 is 47.9 Å². The van der Waals surface area contributed by atoms with E-state index in [0.29, 0.717) is 0 Å². The summed E-state index contributed by atoms with van der Waals surface area (Å²) in [6.45, 7) is 19.4. The van der Waals surface area contributed by atoms with Crippen molar-refractivity contribution in [3.63, 3.8) is 0 Å². The van der Waals surface area contributed by atoms with Crippen LogP contribution in [0.3, 0.4) is 0 Å². The molecule has 0 bridgehead atoms. The normalized spacial score (nSPS) is 24.0. The van der Waals surface area contributed by atoms with E-state index in [1.807, 2.05) is 0 Å². The number of rotatable bonds is 0. The number of hydrogen-bond donors (Lipinski definition) is 9. The van der Waals surface area contributed by atoms with Crippen LogP contribution in [0, 0.1) is 0 Å². The van der Waals surface area contributed by atoms with E-state index in [4.69, 9.17) is 0 Å². The lowest BCUT2D eigenvalue weighted by atomic mass is 10.3. The first kappa shape index (κ1) is 26.7. The Labute approximate surface area is 179 Å². The maximum Gasteiger partial charge on any atom is 0.00772 e. The first-order valence-electron chi connectivity index (χ1n) is 11.9. The van der Waals surface area contributed by atoms with Gasteiger partial charge in [-0.3, -0.25) is 0 Å². The molecular weight excluding hydrogens is 366 g/mol. The van der Waals surface area contributed by atoms with Crippen LogP contribution >= 0.6 is 0 Å². The maximum absolute atomic E-state index is 3.42. The van der Waals surface area contributed by atoms with Crippen molar-refractivity contribution in [2.75, 3.05) is 118 Å². The first-order chi connectivity index (χ1) is 14.5. The van der Waals surface area contributed by atoms with Gasteiger partial charge in [0.1, 0.15) is 0 Å². The summed E-state index contributed by atoms with van der Waals surface area (Å²) in [4.78, 5) is 0. The third-order valence-corrected chi connectivity index (χ3v) is 4.76. The highest BCUT2D eigenvalue weighted by molar-refractivity contribution is 4.60. The minimum absolute atomic E-state index is 1.06. The lowest BCUT2D eigenvalue weighted by Gasteiger charge is -2.10. The molecule has 2 aliphatic heterocycles. The van der Waals surface area contributed by atoms with Crippen molar-refractivity contribution in [3.8, 4) is 0 Å². The van der Waals surface area contributed by atoms with Gasteiger partial charge >= 0.3 is 0 Å². The second-order valence-corrected chi connectivity index (χ2v) is 7.46. The molecule has 0 spiro atoms. The Morgan fingerprint density at radius 1 is 0.172 bits per heavy atom. The fraction of sp³-hybridized carbons (Fsp3) is 1.00. The molecule has 0 aromatic carbocycles. The predicted molar refractivity (Wildman–Crippen MR) is 125 cm³/mol. The molecule has 29 heavy (non-hydrogen) atoms. The highest BCUT2D eigenvalue weighted by Gasteiger charge is 1.94. The molecule has 2 aliphatic rings. The van der Waals surface area contributed by atoms with Gasteiger partial charge in [0.25, 0.3) is 0 Å². The number of nitrogens with one attached hydrogen (secondary N) is 9. The molecule has 9 N–H and O–H groups in total. The molecular formula is C20H49N9. The molecule has 9 heteroatoms. The molecule has 0 radical (unpaired) electrons. The van der Waals surface area contributed by atoms with E-state index in [9.17, 15) is 0 Å². The second-order valence-electron chi connectivity index (χ2n) is 7.46. The highest BCUT2D eigenvalue weighted by atomic mass is 15.0. The lowest BCUT2D eigenvalue weighted by molar-refractivity contribution is 0.530. The van der Waals surface area contributed by atoms with Crippen molar-refractivity contribution >= 4 is 0 Å². The van der Waals surface area contributed by atoms with Crippen LogP contribution in [0.4, 0.5) is 0 Å². The summed E-state index contributed by atoms with van der Waals surface area (Å²) < 4.78 is 0. The topological polar surface area (TPSA) is 108 Å². The predicted octanol–water partition coefficient (Wildman–Crippen LogP) is -2.91. The van der Waals surface area contributed by atoms with E-state index in [-0.39, 0.29) is 0 Å². The molecule has 0 saturated carbocycles. The van der Waals surface area contributed by atoms with E-state index in [1.54, 1.807) is 0 Å². The Morgan fingerprint density at radius 2 is 0.310 bits per heavy atom. The van der Waals surface area contributed by atoms with Crippen LogP contribution in [-0.2, 0) is 0 Å². The van der Waals surface area contributed by atoms with Gasteiger partial charge in [0.15, 0.2) is 0 Å². The minimum atomic E-state index is 1.06. The standard InChI is InChI=1S/C10H25N5.C10H24N4/c1-2-12-5-6-14-9-10-15-8-7-13-4-3-11-1;1-3-11-7-9-13-5-2-6-14-10-8-12-4-1/h11-15H,1-10H2;11-14H,1-10H2. The van der Waals surface area contributed by atoms with Gasteiger partial charge in [-0.25, -0.2) is 0 Å². The summed E-state index contributed by atoms with van der Waals surface area (Å²) in [7, 11) is 0. The third kappa shape index (κ3) is 22.2. The van der Waals surface area contributed by atoms with Crippen molar-refractivity contribution in [3.05, 3.63) is 0 Å². The molecule has 0 atom stereocenters. The Morgan fingerprint density at radius 3 is 0.483 bits per heavy atom. The maximum atomic E-state index is 3.42. The molecule has 2 fully saturated rings. The SMILES string of the molecule is C1CNCCNCCCNCCNC1.C1CNCCNCCNCCNCCN1. The molecule has 0 aromatic rings. The van der Waals surface area contributed by atoms with Gasteiger partial charge in [-0.05, 0) is 39.0 Å². The van der Waals surface area contributed by atoms with Gasteiger partial charge in [0.2, 0.25) is 0 Å². The van der Waals surface area contributed by atoms with E-state index < -0.39 is 0 Å². The molecule has 0 unspecified atom stereocenters. The van der Waals surface area contributed by atoms with Crippen molar-refractivity contribution in [2.24, 2.45) is 0 Å². The smallest absolute Gasteiger partial charge is 0.00772 e. The zero-order valence-electron chi connectivity index (χ0n) is 18.6. The minimum Gasteiger partial charge on any atom is -0.315 e. The van der Waals surface area contributed by atoms with Crippen molar-refractivity contribution in [1.29, 1.82) is 0 Å². The Kier molecular flexibility index (Phi) is 22.0. The average Bonchev–Trinajstić information content (AvgIpc) is 2.75. The molecule has 0 aromatic heterocycles. The van der Waals surface area contributed by atoms with Gasteiger partial charge in [-0.1, -0.05) is 0 Å². The summed E-state index contributed by atoms with van der Waals surface area (Å²) in [6, 6.07) is 0. The molecule has 174 valence electrons. The Hall–Kier alpha value is -0.360. The molecule has 0 aliphatic carbocycles.